The number of carboxylic acids is 2. The van der Waals surface area contributed by atoms with Crippen LogP contribution in [0, 0.1) is 0 Å². The molecule has 0 spiro atoms. The molecule has 0 bridgehead atoms. The van der Waals surface area contributed by atoms with E-state index >= 15 is 0 Å². The molecule has 9 nitrogen and oxygen atoms in total. The van der Waals surface area contributed by atoms with Crippen molar-refractivity contribution < 1.29 is 24.6 Å². The number of carbonyl (C=O) groups excluding carboxylic acids is 1. The van der Waals surface area contributed by atoms with E-state index in [1.54, 1.807) is 0 Å². The Bertz CT molecular complexity index is 510. The van der Waals surface area contributed by atoms with Crippen LogP contribution in [0.25, 0.3) is 0 Å². The van der Waals surface area contributed by atoms with Gasteiger partial charge in [-0.2, -0.15) is 5.10 Å². The van der Waals surface area contributed by atoms with Crippen molar-refractivity contribution in [3.63, 3.8) is 0 Å². The first kappa shape index (κ1) is 14.5. The van der Waals surface area contributed by atoms with Crippen molar-refractivity contribution in [1.82, 2.24) is 15.1 Å². The molecule has 0 aliphatic carbocycles. The van der Waals surface area contributed by atoms with Gasteiger partial charge in [-0.05, 0) is 6.42 Å². The summed E-state index contributed by atoms with van der Waals surface area (Å²) in [6, 6.07) is -1.29. The third-order valence-electron chi connectivity index (χ3n) is 2.48. The second kappa shape index (κ2) is 5.85. The maximum absolute atomic E-state index is 11.8. The van der Waals surface area contributed by atoms with E-state index in [1.807, 2.05) is 0 Å². The lowest BCUT2D eigenvalue weighted by molar-refractivity contribution is -0.140. The molecule has 19 heavy (non-hydrogen) atoms. The monoisotopic (exact) mass is 270 g/mol. The van der Waals surface area contributed by atoms with E-state index in [0.29, 0.717) is 0 Å². The minimum Gasteiger partial charge on any atom is -0.481 e. The van der Waals surface area contributed by atoms with Gasteiger partial charge in [-0.25, -0.2) is 4.79 Å². The van der Waals surface area contributed by atoms with Gasteiger partial charge in [0.05, 0.1) is 6.20 Å². The molecule has 5 N–H and O–H groups in total. The summed E-state index contributed by atoms with van der Waals surface area (Å²) < 4.78 is 1.27. The van der Waals surface area contributed by atoms with Crippen molar-refractivity contribution >= 4 is 23.7 Å². The predicted octanol–water partition coefficient (Wildman–Crippen LogP) is -0.950. The number of hydrogen-bond donors (Lipinski definition) is 4. The summed E-state index contributed by atoms with van der Waals surface area (Å²) in [5.74, 6) is -3.05. The van der Waals surface area contributed by atoms with Gasteiger partial charge in [-0.15, -0.1) is 0 Å². The number of nitrogen functional groups attached to an aromatic ring is 1. The van der Waals surface area contributed by atoms with Crippen molar-refractivity contribution in [2.24, 2.45) is 7.05 Å². The van der Waals surface area contributed by atoms with Crippen molar-refractivity contribution in [2.75, 3.05) is 5.73 Å². The lowest BCUT2D eigenvalue weighted by atomic mass is 10.1. The van der Waals surface area contributed by atoms with Crippen molar-refractivity contribution in [3.05, 3.63) is 11.8 Å². The van der Waals surface area contributed by atoms with Crippen LogP contribution in [0.15, 0.2) is 6.20 Å². The largest absolute Gasteiger partial charge is 0.481 e. The summed E-state index contributed by atoms with van der Waals surface area (Å²) in [4.78, 5) is 33.1. The Labute approximate surface area is 108 Å². The fourth-order valence-corrected chi connectivity index (χ4v) is 1.38. The molecule has 0 fully saturated rings. The molecular formula is C10H14N4O5. The van der Waals surface area contributed by atoms with E-state index in [0.717, 1.165) is 0 Å². The third kappa shape index (κ3) is 3.69. The quantitative estimate of drug-likeness (QED) is 0.520. The number of nitrogens with one attached hydrogen (secondary N) is 1. The number of nitrogens with zero attached hydrogens (tertiary/aromatic N) is 2. The Morgan fingerprint density at radius 3 is 2.53 bits per heavy atom. The van der Waals surface area contributed by atoms with Gasteiger partial charge in [0, 0.05) is 13.5 Å². The molecule has 1 amide bonds. The van der Waals surface area contributed by atoms with Crippen LogP contribution >= 0.6 is 0 Å². The molecule has 0 saturated heterocycles. The zero-order valence-electron chi connectivity index (χ0n) is 10.2. The Kier molecular flexibility index (Phi) is 4.46. The molecule has 1 heterocycles. The van der Waals surface area contributed by atoms with E-state index in [-0.39, 0.29) is 24.2 Å². The van der Waals surface area contributed by atoms with Crippen LogP contribution < -0.4 is 11.1 Å². The molecule has 0 aromatic carbocycles. The fourth-order valence-electron chi connectivity index (χ4n) is 1.38. The molecule has 1 rings (SSSR count). The number of carbonyl (C=O) groups is 3. The van der Waals surface area contributed by atoms with Crippen LogP contribution in [0.3, 0.4) is 0 Å². The maximum atomic E-state index is 11.8. The van der Waals surface area contributed by atoms with Gasteiger partial charge in [-0.3, -0.25) is 14.3 Å². The smallest absolute Gasteiger partial charge is 0.326 e. The number of nitrogens with two attached hydrogens (primary N) is 1. The Balaban J connectivity index is 2.74. The second-order valence-electron chi connectivity index (χ2n) is 3.86. The first-order valence-corrected chi connectivity index (χ1v) is 5.36. The number of rotatable bonds is 6. The summed E-state index contributed by atoms with van der Waals surface area (Å²) in [6.45, 7) is 0. The number of anilines is 1. The molecule has 1 atom stereocenters. The highest BCUT2D eigenvalue weighted by molar-refractivity contribution is 6.00. The van der Waals surface area contributed by atoms with Crippen LogP contribution in [0.2, 0.25) is 0 Å². The molecule has 1 unspecified atom stereocenters. The van der Waals surface area contributed by atoms with Gasteiger partial charge >= 0.3 is 11.9 Å². The predicted molar refractivity (Wildman–Crippen MR) is 63.4 cm³/mol. The molecule has 0 aliphatic rings. The topological polar surface area (TPSA) is 148 Å². The molecule has 1 aromatic heterocycles. The van der Waals surface area contributed by atoms with Gasteiger partial charge in [0.1, 0.15) is 17.4 Å². The highest BCUT2D eigenvalue weighted by atomic mass is 16.4. The van der Waals surface area contributed by atoms with E-state index in [2.05, 4.69) is 10.4 Å². The van der Waals surface area contributed by atoms with Crippen LogP contribution in [0.5, 0.6) is 0 Å². The van der Waals surface area contributed by atoms with Gasteiger partial charge in [-0.1, -0.05) is 0 Å². The van der Waals surface area contributed by atoms with E-state index in [4.69, 9.17) is 15.9 Å². The first-order valence-electron chi connectivity index (χ1n) is 5.36. The summed E-state index contributed by atoms with van der Waals surface area (Å²) in [5, 5.41) is 23.4. The molecular weight excluding hydrogens is 256 g/mol. The van der Waals surface area contributed by atoms with Crippen LogP contribution in [-0.4, -0.2) is 43.9 Å². The SMILES string of the molecule is Cn1ncc(C(=O)NC(CCC(=O)O)C(=O)O)c1N. The zero-order chi connectivity index (χ0) is 14.6. The molecule has 0 saturated carbocycles. The highest BCUT2D eigenvalue weighted by Gasteiger charge is 2.23. The number of aryl methyl sites for hydroxylation is 1. The normalized spacial score (nSPS) is 11.8. The number of amides is 1. The third-order valence-corrected chi connectivity index (χ3v) is 2.48. The van der Waals surface area contributed by atoms with Gasteiger partial charge in [0.2, 0.25) is 0 Å². The zero-order valence-corrected chi connectivity index (χ0v) is 10.2. The molecule has 0 radical (unpaired) electrons. The average molecular weight is 270 g/mol. The lowest BCUT2D eigenvalue weighted by Gasteiger charge is -2.13. The molecule has 9 heteroatoms. The summed E-state index contributed by atoms with van der Waals surface area (Å²) in [6.07, 6.45) is 0.636. The van der Waals surface area contributed by atoms with Crippen LogP contribution in [0.1, 0.15) is 23.2 Å². The minimum absolute atomic E-state index is 0.0454. The average Bonchev–Trinajstić information content (AvgIpc) is 2.64. The number of hydrogen-bond acceptors (Lipinski definition) is 5. The van der Waals surface area contributed by atoms with Crippen molar-refractivity contribution in [2.45, 2.75) is 18.9 Å². The number of carboxylic acid groups (broad SMARTS) is 2. The summed E-state index contributed by atoms with van der Waals surface area (Å²) in [7, 11) is 1.53. The van der Waals surface area contributed by atoms with Crippen molar-refractivity contribution in [3.8, 4) is 0 Å². The van der Waals surface area contributed by atoms with Crippen molar-refractivity contribution in [1.29, 1.82) is 0 Å². The summed E-state index contributed by atoms with van der Waals surface area (Å²) >= 11 is 0. The maximum Gasteiger partial charge on any atom is 0.326 e. The first-order chi connectivity index (χ1) is 8.82. The second-order valence-corrected chi connectivity index (χ2v) is 3.86. The van der Waals surface area contributed by atoms with E-state index in [1.165, 1.54) is 17.9 Å². The number of aliphatic carboxylic acids is 2. The van der Waals surface area contributed by atoms with E-state index < -0.39 is 23.9 Å². The Morgan fingerprint density at radius 2 is 2.11 bits per heavy atom. The van der Waals surface area contributed by atoms with Gasteiger partial charge < -0.3 is 21.3 Å². The highest BCUT2D eigenvalue weighted by Crippen LogP contribution is 2.10. The van der Waals surface area contributed by atoms with Gasteiger partial charge in [0.25, 0.3) is 5.91 Å². The Hall–Kier alpha value is -2.58. The lowest BCUT2D eigenvalue weighted by Crippen LogP contribution is -2.41. The van der Waals surface area contributed by atoms with Crippen LogP contribution in [-0.2, 0) is 16.6 Å². The standard InChI is InChI=1S/C10H14N4O5/c1-14-8(11)5(4-12-14)9(17)13-6(10(18)19)2-3-7(15)16/h4,6H,2-3,11H2,1H3,(H,13,17)(H,15,16)(H,18,19). The molecule has 0 aliphatic heterocycles. The Morgan fingerprint density at radius 1 is 1.47 bits per heavy atom. The fraction of sp³-hybridized carbons (Fsp3) is 0.400. The summed E-state index contributed by atoms with van der Waals surface area (Å²) in [5.41, 5.74) is 5.62. The minimum atomic E-state index is -1.31. The molecule has 104 valence electrons. The van der Waals surface area contributed by atoms with Crippen LogP contribution in [0.4, 0.5) is 5.82 Å². The van der Waals surface area contributed by atoms with Gasteiger partial charge in [0.15, 0.2) is 0 Å². The molecule has 1 aromatic rings. The van der Waals surface area contributed by atoms with E-state index in [9.17, 15) is 14.4 Å². The number of aromatic nitrogens is 2.